The summed E-state index contributed by atoms with van der Waals surface area (Å²) in [5.41, 5.74) is 2.29. The molecule has 0 heterocycles. The minimum atomic E-state index is -3.71. The fraction of sp³-hybridized carbons (Fsp3) is 0.417. The first-order chi connectivity index (χ1) is 15.0. The Morgan fingerprint density at radius 2 is 1.56 bits per heavy atom. The molecule has 0 aliphatic heterocycles. The second-order valence-electron chi connectivity index (χ2n) is 8.37. The van der Waals surface area contributed by atoms with Crippen molar-refractivity contribution in [2.45, 2.75) is 40.3 Å². The zero-order valence-corrected chi connectivity index (χ0v) is 20.2. The van der Waals surface area contributed by atoms with E-state index in [4.69, 9.17) is 0 Å². The summed E-state index contributed by atoms with van der Waals surface area (Å²) >= 11 is 0. The standard InChI is InChI=1S/C24H33N3O4S/c1-18(2)15-25-24(29)20(4)26(16-21-12-10-9-11-19(21)3)23(28)17-27(32(5,30)31)22-13-7-6-8-14-22/h6-14,18,20H,15-17H2,1-5H3,(H,25,29). The highest BCUT2D eigenvalue weighted by atomic mass is 32.2. The summed E-state index contributed by atoms with van der Waals surface area (Å²) in [6.45, 7) is 7.89. The molecule has 0 fully saturated rings. The van der Waals surface area contributed by atoms with E-state index in [-0.39, 0.29) is 18.4 Å². The molecule has 0 bridgehead atoms. The van der Waals surface area contributed by atoms with Crippen molar-refractivity contribution < 1.29 is 18.0 Å². The minimum absolute atomic E-state index is 0.203. The lowest BCUT2D eigenvalue weighted by atomic mass is 10.1. The Labute approximate surface area is 191 Å². The number of hydrogen-bond donors (Lipinski definition) is 1. The Morgan fingerprint density at radius 3 is 2.12 bits per heavy atom. The first kappa shape index (κ1) is 25.4. The van der Waals surface area contributed by atoms with Gasteiger partial charge in [-0.05, 0) is 43.0 Å². The Hall–Kier alpha value is -2.87. The third kappa shape index (κ3) is 7.09. The highest BCUT2D eigenvalue weighted by Crippen LogP contribution is 2.19. The molecule has 2 rings (SSSR count). The van der Waals surface area contributed by atoms with Gasteiger partial charge in [0.1, 0.15) is 12.6 Å². The smallest absolute Gasteiger partial charge is 0.244 e. The number of benzene rings is 2. The number of amides is 2. The van der Waals surface area contributed by atoms with E-state index < -0.39 is 28.5 Å². The fourth-order valence-corrected chi connectivity index (χ4v) is 4.06. The zero-order chi connectivity index (χ0) is 23.9. The highest BCUT2D eigenvalue weighted by Gasteiger charge is 2.30. The van der Waals surface area contributed by atoms with Crippen molar-refractivity contribution in [3.8, 4) is 0 Å². The molecule has 1 unspecified atom stereocenters. The van der Waals surface area contributed by atoms with Gasteiger partial charge in [0.25, 0.3) is 0 Å². The average Bonchev–Trinajstić information content (AvgIpc) is 2.74. The van der Waals surface area contributed by atoms with Crippen molar-refractivity contribution in [1.82, 2.24) is 10.2 Å². The lowest BCUT2D eigenvalue weighted by molar-refractivity contribution is -0.139. The number of anilines is 1. The average molecular weight is 460 g/mol. The van der Waals surface area contributed by atoms with Gasteiger partial charge in [0.15, 0.2) is 0 Å². The van der Waals surface area contributed by atoms with Crippen LogP contribution in [0.15, 0.2) is 54.6 Å². The Kier molecular flexibility index (Phi) is 8.83. The normalized spacial score (nSPS) is 12.3. The van der Waals surface area contributed by atoms with Gasteiger partial charge < -0.3 is 10.2 Å². The predicted molar refractivity (Wildman–Crippen MR) is 128 cm³/mol. The van der Waals surface area contributed by atoms with Gasteiger partial charge in [-0.25, -0.2) is 8.42 Å². The molecule has 174 valence electrons. The van der Waals surface area contributed by atoms with Crippen LogP contribution in [0.3, 0.4) is 0 Å². The van der Waals surface area contributed by atoms with E-state index in [1.165, 1.54) is 4.90 Å². The Morgan fingerprint density at radius 1 is 0.969 bits per heavy atom. The van der Waals surface area contributed by atoms with Gasteiger partial charge >= 0.3 is 0 Å². The van der Waals surface area contributed by atoms with Gasteiger partial charge in [0, 0.05) is 13.1 Å². The molecule has 2 aromatic carbocycles. The maximum atomic E-state index is 13.4. The second kappa shape index (κ2) is 11.1. The summed E-state index contributed by atoms with van der Waals surface area (Å²) in [7, 11) is -3.71. The van der Waals surface area contributed by atoms with Gasteiger partial charge in [-0.15, -0.1) is 0 Å². The number of para-hydroxylation sites is 1. The maximum Gasteiger partial charge on any atom is 0.244 e. The summed E-state index contributed by atoms with van der Waals surface area (Å²) < 4.78 is 26.0. The van der Waals surface area contributed by atoms with Crippen molar-refractivity contribution in [3.05, 3.63) is 65.7 Å². The van der Waals surface area contributed by atoms with E-state index in [2.05, 4.69) is 5.32 Å². The summed E-state index contributed by atoms with van der Waals surface area (Å²) in [5, 5.41) is 2.87. The molecular formula is C24H33N3O4S. The van der Waals surface area contributed by atoms with Crippen LogP contribution in [0.4, 0.5) is 5.69 Å². The number of hydrogen-bond acceptors (Lipinski definition) is 4. The first-order valence-corrected chi connectivity index (χ1v) is 12.5. The third-order valence-corrected chi connectivity index (χ3v) is 6.32. The van der Waals surface area contributed by atoms with E-state index in [0.717, 1.165) is 21.7 Å². The Bertz CT molecular complexity index is 1020. The van der Waals surface area contributed by atoms with E-state index in [0.29, 0.717) is 12.2 Å². The van der Waals surface area contributed by atoms with E-state index in [9.17, 15) is 18.0 Å². The van der Waals surface area contributed by atoms with Crippen LogP contribution in [0.25, 0.3) is 0 Å². The van der Waals surface area contributed by atoms with Crippen molar-refractivity contribution >= 4 is 27.5 Å². The number of rotatable bonds is 10. The van der Waals surface area contributed by atoms with Crippen molar-refractivity contribution in [1.29, 1.82) is 0 Å². The largest absolute Gasteiger partial charge is 0.354 e. The molecule has 0 aliphatic rings. The molecule has 2 amide bonds. The predicted octanol–water partition coefficient (Wildman–Crippen LogP) is 2.95. The molecule has 8 heteroatoms. The Balaban J connectivity index is 2.35. The quantitative estimate of drug-likeness (QED) is 0.592. The number of carbonyl (C=O) groups is 2. The van der Waals surface area contributed by atoms with Crippen LogP contribution in [0.2, 0.25) is 0 Å². The van der Waals surface area contributed by atoms with Gasteiger partial charge in [-0.2, -0.15) is 0 Å². The lowest BCUT2D eigenvalue weighted by Crippen LogP contribution is -2.51. The molecule has 32 heavy (non-hydrogen) atoms. The van der Waals surface area contributed by atoms with Crippen LogP contribution < -0.4 is 9.62 Å². The summed E-state index contributed by atoms with van der Waals surface area (Å²) in [5.74, 6) is -0.452. The molecule has 0 aromatic heterocycles. The summed E-state index contributed by atoms with van der Waals surface area (Å²) in [4.78, 5) is 27.6. The van der Waals surface area contributed by atoms with Gasteiger partial charge in [0.05, 0.1) is 11.9 Å². The van der Waals surface area contributed by atoms with Crippen LogP contribution in [0.5, 0.6) is 0 Å². The van der Waals surface area contributed by atoms with Crippen LogP contribution in [-0.4, -0.2) is 50.5 Å². The van der Waals surface area contributed by atoms with Crippen LogP contribution in [-0.2, 0) is 26.2 Å². The molecule has 0 radical (unpaired) electrons. The van der Waals surface area contributed by atoms with Crippen molar-refractivity contribution in [2.75, 3.05) is 23.7 Å². The monoisotopic (exact) mass is 459 g/mol. The van der Waals surface area contributed by atoms with Crippen LogP contribution in [0, 0.1) is 12.8 Å². The highest BCUT2D eigenvalue weighted by molar-refractivity contribution is 7.92. The van der Waals surface area contributed by atoms with Gasteiger partial charge in [-0.1, -0.05) is 56.3 Å². The van der Waals surface area contributed by atoms with Crippen LogP contribution in [0.1, 0.15) is 31.9 Å². The van der Waals surface area contributed by atoms with Gasteiger partial charge in [0.2, 0.25) is 21.8 Å². The summed E-state index contributed by atoms with van der Waals surface area (Å²) in [6.07, 6.45) is 1.07. The molecule has 0 saturated heterocycles. The van der Waals surface area contributed by atoms with E-state index >= 15 is 0 Å². The second-order valence-corrected chi connectivity index (χ2v) is 10.3. The van der Waals surface area contributed by atoms with Crippen molar-refractivity contribution in [2.24, 2.45) is 5.92 Å². The van der Waals surface area contributed by atoms with Crippen LogP contribution >= 0.6 is 0 Å². The van der Waals surface area contributed by atoms with E-state index in [1.54, 1.807) is 37.3 Å². The molecule has 1 N–H and O–H groups in total. The number of nitrogens with zero attached hydrogens (tertiary/aromatic N) is 2. The third-order valence-electron chi connectivity index (χ3n) is 5.18. The van der Waals surface area contributed by atoms with E-state index in [1.807, 2.05) is 45.0 Å². The minimum Gasteiger partial charge on any atom is -0.354 e. The molecule has 0 aliphatic carbocycles. The lowest BCUT2D eigenvalue weighted by Gasteiger charge is -2.32. The molecule has 0 spiro atoms. The van der Waals surface area contributed by atoms with Crippen molar-refractivity contribution in [3.63, 3.8) is 0 Å². The molecular weight excluding hydrogens is 426 g/mol. The molecule has 2 aromatic rings. The van der Waals surface area contributed by atoms with Gasteiger partial charge in [-0.3, -0.25) is 13.9 Å². The first-order valence-electron chi connectivity index (χ1n) is 10.6. The topological polar surface area (TPSA) is 86.8 Å². The SMILES string of the molecule is Cc1ccccc1CN(C(=O)CN(c1ccccc1)S(C)(=O)=O)C(C)C(=O)NCC(C)C. The number of sulfonamides is 1. The number of aryl methyl sites for hydroxylation is 1. The molecule has 0 saturated carbocycles. The fourth-order valence-electron chi connectivity index (χ4n) is 3.21. The zero-order valence-electron chi connectivity index (χ0n) is 19.4. The summed E-state index contributed by atoms with van der Waals surface area (Å²) in [6, 6.07) is 15.3. The molecule has 1 atom stereocenters. The number of nitrogens with one attached hydrogen (secondary N) is 1. The number of carbonyl (C=O) groups excluding carboxylic acids is 2. The molecule has 7 nitrogen and oxygen atoms in total. The maximum absolute atomic E-state index is 13.4.